The van der Waals surface area contributed by atoms with E-state index in [1.165, 1.54) is 0 Å². The molecule has 0 radical (unpaired) electrons. The molecule has 0 aromatic rings. The molecule has 12 aliphatic carbocycles. The van der Waals surface area contributed by atoms with Crippen LogP contribution in [0.1, 0.15) is 250 Å². The van der Waals surface area contributed by atoms with Gasteiger partial charge in [0.15, 0.2) is 41.8 Å². The number of carboxylic acids is 7. The molecule has 118 heavy (non-hydrogen) atoms. The molecule has 3 aliphatic heterocycles. The molecule has 15 aliphatic rings. The van der Waals surface area contributed by atoms with Crippen LogP contribution >= 0.6 is 0 Å². The molecule has 15 rings (SSSR count). The third-order valence-corrected chi connectivity index (χ3v) is 34.1. The Balaban J connectivity index is 0.000000305. The largest absolute Gasteiger partial charge is 2.00 e. The first-order valence-corrected chi connectivity index (χ1v) is 41.2. The summed E-state index contributed by atoms with van der Waals surface area (Å²) in [6.07, 6.45) is 7.35. The standard InChI is InChI=1S/2C28H38O10.C28H42O6.4H2N.2H2O.2Pt/c2*1-13(4-7-20(31)32)15-5-6-16-21-17(11-19(30)27(15,16)3)26(2)8-9-28(12-14(26)10-18(21)29)37-22(24(33)34)23(38-28)25(35)36;1-15(6-9-24(31)32)19-7-8-20-25-21(13-23(30)27(19,20)5)26(4)10-11-28(14-18(26)12-22(25)29)33-16(2)17(3)34-28;;;;;;;;/h2*13-17,21-23H,4-12H2,1-3H3,(H,31,32)(H,33,34)(H,35,36);15-21,25H,6-14H2,1-5H3,(H,31,32);6*1H2;;/q;;;4*-1;;;2*+2/t2*13?,14?,15?,16?,17?,21?,22?,23?,26-,27+,28?;15?,16?,17?,18?,19?,20?,21?,25?,26-,27+,28?;;;;;;;;/m000......../s1. The van der Waals surface area contributed by atoms with Gasteiger partial charge in [-0.25, -0.2) is 19.2 Å². The van der Waals surface area contributed by atoms with Crippen molar-refractivity contribution in [2.45, 2.75) is 304 Å². The Hall–Kier alpha value is -4.79. The molecule has 0 amide bonds. The second-order valence-electron chi connectivity index (χ2n) is 38.8. The van der Waals surface area contributed by atoms with Crippen molar-refractivity contribution in [2.24, 2.45) is 139 Å². The summed E-state index contributed by atoms with van der Waals surface area (Å²) in [5, 5.41) is 65.5. The van der Waals surface area contributed by atoms with E-state index in [0.717, 1.165) is 57.8 Å². The summed E-state index contributed by atoms with van der Waals surface area (Å²) in [7, 11) is 0. The quantitative estimate of drug-likeness (QED) is 0.0754. The maximum Gasteiger partial charge on any atom is 2.00 e. The molecule has 34 heteroatoms. The van der Waals surface area contributed by atoms with Crippen molar-refractivity contribution < 1.29 is 180 Å². The van der Waals surface area contributed by atoms with Crippen LogP contribution in [0.4, 0.5) is 0 Å². The number of Topliss-reactive ketones (excluding diaryl/α,β-unsaturated/α-hetero) is 6. The normalized spacial score (nSPS) is 44.9. The third-order valence-electron chi connectivity index (χ3n) is 34.1. The zero-order chi connectivity index (χ0) is 80.2. The Bertz CT molecular complexity index is 3590. The number of nitrogens with two attached hydrogens (primary N) is 4. The van der Waals surface area contributed by atoms with Gasteiger partial charge in [-0.05, 0) is 196 Å². The molecule has 0 aromatic heterocycles. The summed E-state index contributed by atoms with van der Waals surface area (Å²) in [4.78, 5) is 163. The Kier molecular flexibility index (Phi) is 32.7. The van der Waals surface area contributed by atoms with E-state index >= 15 is 0 Å². The molecule has 3 heterocycles. The van der Waals surface area contributed by atoms with E-state index in [1.807, 2.05) is 27.7 Å². The van der Waals surface area contributed by atoms with Crippen molar-refractivity contribution in [1.82, 2.24) is 0 Å². The average Bonchev–Trinajstić information content (AvgIpc) is 1.42. The van der Waals surface area contributed by atoms with Crippen LogP contribution in [0.25, 0.3) is 24.6 Å². The Labute approximate surface area is 719 Å². The van der Waals surface area contributed by atoms with Gasteiger partial charge in [-0.2, -0.15) is 0 Å². The minimum atomic E-state index is -1.61. The molecule has 3 saturated heterocycles. The van der Waals surface area contributed by atoms with Crippen molar-refractivity contribution >= 4 is 76.5 Å². The monoisotopic (exact) mass is 2030 g/mol. The third kappa shape index (κ3) is 17.1. The summed E-state index contributed by atoms with van der Waals surface area (Å²) >= 11 is 0. The predicted molar refractivity (Wildman–Crippen MR) is 414 cm³/mol. The maximum atomic E-state index is 13.9. The number of carbonyl (C=O) groups is 13. The number of rotatable bonds is 16. The van der Waals surface area contributed by atoms with Gasteiger partial charge in [-0.15, -0.1) is 0 Å². The van der Waals surface area contributed by atoms with E-state index in [2.05, 4.69) is 48.5 Å². The first-order chi connectivity index (χ1) is 51.4. The second kappa shape index (κ2) is 37.2. The van der Waals surface area contributed by atoms with Crippen LogP contribution in [0.3, 0.4) is 0 Å². The van der Waals surface area contributed by atoms with Crippen molar-refractivity contribution in [3.8, 4) is 0 Å². The van der Waals surface area contributed by atoms with Crippen LogP contribution in [0.2, 0.25) is 0 Å². The van der Waals surface area contributed by atoms with Crippen molar-refractivity contribution in [3.63, 3.8) is 0 Å². The van der Waals surface area contributed by atoms with Crippen molar-refractivity contribution in [3.05, 3.63) is 24.6 Å². The topological polar surface area (TPSA) is 616 Å². The SMILES string of the molecule is CC(CCC(=O)O)C1CCC2C3C(=O)CC4CC5(CC[C@]4(C)C3CC(=O)[C@]12C)OC(C(=O)O)C(C(=O)O)O5.CC(CCC(=O)O)C1CCC2C3C(=O)CC4CC5(CC[C@]4(C)C3CC(=O)[C@]12C)OC(C(=O)O)C(C(=O)O)O5.CC(CCC(=O)O)C1CCC2C3C(=O)CC4CC5(CC[C@]4(C)C3CC(=O)[C@]12C)OC(C)C(C)O5.O.O.[NH2-].[NH2-].[NH2-].[NH2-].[Pt+2].[Pt+2]. The van der Waals surface area contributed by atoms with Crippen LogP contribution in [-0.2, 0) is 133 Å². The van der Waals surface area contributed by atoms with E-state index in [1.54, 1.807) is 0 Å². The zero-order valence-electron chi connectivity index (χ0n) is 69.8. The minimum absolute atomic E-state index is 0. The molecule has 3 spiro atoms. The molecule has 0 aromatic carbocycles. The molecule has 24 unspecified atom stereocenters. The Morgan fingerprint density at radius 2 is 0.568 bits per heavy atom. The number of aliphatic carboxylic acids is 7. The summed E-state index contributed by atoms with van der Waals surface area (Å²) < 4.78 is 35.6. The van der Waals surface area contributed by atoms with Gasteiger partial charge in [0.2, 0.25) is 0 Å². The number of hydrogen-bond acceptors (Lipinski definition) is 19. The molecule has 15 fully saturated rings. The van der Waals surface area contributed by atoms with Crippen LogP contribution < -0.4 is 0 Å². The molecular weight excluding hydrogens is 1900 g/mol. The fourth-order valence-electron chi connectivity index (χ4n) is 27.8. The fraction of sp³-hybridized carbons (Fsp3) is 0.845. The maximum absolute atomic E-state index is 13.9. The first-order valence-electron chi connectivity index (χ1n) is 41.2. The van der Waals surface area contributed by atoms with Gasteiger partial charge in [0.25, 0.3) is 0 Å². The number of ether oxygens (including phenoxy) is 6. The van der Waals surface area contributed by atoms with E-state index in [4.69, 9.17) is 43.7 Å². The Morgan fingerprint density at radius 3 is 0.780 bits per heavy atom. The van der Waals surface area contributed by atoms with E-state index in [-0.39, 0.29) is 281 Å². The average molecular weight is 2030 g/mol. The first kappa shape index (κ1) is 104. The van der Waals surface area contributed by atoms with Crippen LogP contribution in [0, 0.1) is 139 Å². The number of ketones is 6. The van der Waals surface area contributed by atoms with Gasteiger partial charge in [-0.3, -0.25) is 43.2 Å². The number of hydrogen-bond donors (Lipinski definition) is 7. The van der Waals surface area contributed by atoms with Gasteiger partial charge in [0.1, 0.15) is 34.7 Å². The predicted octanol–water partition coefficient (Wildman–Crippen LogP) is 12.5. The van der Waals surface area contributed by atoms with Gasteiger partial charge < -0.3 is 99.7 Å². The van der Waals surface area contributed by atoms with Gasteiger partial charge in [-0.1, -0.05) is 62.3 Å². The number of fused-ring (bicyclic) bond motifs is 15. The Morgan fingerprint density at radius 1 is 0.347 bits per heavy atom. The van der Waals surface area contributed by atoms with Crippen LogP contribution in [0.15, 0.2) is 0 Å². The van der Waals surface area contributed by atoms with Gasteiger partial charge in [0.05, 0.1) is 12.2 Å². The number of carboxylic acid groups (broad SMARTS) is 7. The summed E-state index contributed by atoms with van der Waals surface area (Å²) in [6.45, 7) is 22.9. The van der Waals surface area contributed by atoms with Crippen molar-refractivity contribution in [2.75, 3.05) is 0 Å². The minimum Gasteiger partial charge on any atom is -0.693 e. The van der Waals surface area contributed by atoms with Crippen LogP contribution in [-0.4, -0.2) is 177 Å². The molecule has 12 saturated carbocycles. The zero-order valence-corrected chi connectivity index (χ0v) is 74.3. The summed E-state index contributed by atoms with van der Waals surface area (Å²) in [5.41, 5.74) is -2.56. The second-order valence-corrected chi connectivity index (χ2v) is 38.8. The molecule has 19 N–H and O–H groups in total. The summed E-state index contributed by atoms with van der Waals surface area (Å²) in [6, 6.07) is 0. The van der Waals surface area contributed by atoms with Crippen LogP contribution in [0.5, 0.6) is 0 Å². The molecule has 674 valence electrons. The van der Waals surface area contributed by atoms with Gasteiger partial charge in [0, 0.05) is 130 Å². The summed E-state index contributed by atoms with van der Waals surface area (Å²) in [5.74, 6) is -10.6. The molecule has 32 nitrogen and oxygen atoms in total. The van der Waals surface area contributed by atoms with E-state index < -0.39 is 99.8 Å². The van der Waals surface area contributed by atoms with Crippen molar-refractivity contribution in [1.29, 1.82) is 0 Å². The number of carbonyl (C=O) groups excluding carboxylic acids is 6. The molecule has 30 atom stereocenters. The fourth-order valence-corrected chi connectivity index (χ4v) is 27.8. The van der Waals surface area contributed by atoms with E-state index in [0.29, 0.717) is 82.2 Å². The molecular formula is C84H130N4O28Pt2. The van der Waals surface area contributed by atoms with Gasteiger partial charge >= 0.3 is 83.9 Å². The smallest absolute Gasteiger partial charge is 0.693 e. The van der Waals surface area contributed by atoms with E-state index in [9.17, 15) is 82.8 Å². The molecule has 0 bridgehead atoms.